The van der Waals surface area contributed by atoms with Gasteiger partial charge in [-0.3, -0.25) is 5.10 Å². The molecule has 0 amide bonds. The van der Waals surface area contributed by atoms with Crippen LogP contribution in [0.5, 0.6) is 0 Å². The Balaban J connectivity index is 2.27. The first-order valence-corrected chi connectivity index (χ1v) is 4.58. The van der Waals surface area contributed by atoms with Gasteiger partial charge in [0.2, 0.25) is 0 Å². The Morgan fingerprint density at radius 1 is 1.19 bits per heavy atom. The van der Waals surface area contributed by atoms with Crippen LogP contribution in [0.2, 0.25) is 0 Å². The second-order valence-corrected chi connectivity index (χ2v) is 3.36. The average molecular weight is 220 g/mol. The molecule has 0 aliphatic rings. The average Bonchev–Trinajstić information content (AvgIpc) is 2.82. The lowest BCUT2D eigenvalue weighted by atomic mass is 10.3. The van der Waals surface area contributed by atoms with E-state index in [9.17, 15) is 8.78 Å². The van der Waals surface area contributed by atoms with E-state index in [2.05, 4.69) is 20.2 Å². The van der Waals surface area contributed by atoms with Crippen LogP contribution in [0, 0.1) is 11.6 Å². The molecule has 0 atom stereocenters. The fourth-order valence-electron chi connectivity index (χ4n) is 1.56. The Kier molecular flexibility index (Phi) is 1.76. The molecule has 4 nitrogen and oxygen atoms in total. The van der Waals surface area contributed by atoms with Gasteiger partial charge in [-0.25, -0.2) is 13.8 Å². The van der Waals surface area contributed by atoms with Gasteiger partial charge in [-0.05, 0) is 6.07 Å². The minimum atomic E-state index is -0.680. The molecule has 0 aliphatic carbocycles. The lowest BCUT2D eigenvalue weighted by molar-refractivity contribution is 0.591. The van der Waals surface area contributed by atoms with E-state index in [1.54, 1.807) is 12.4 Å². The number of nitrogens with zero attached hydrogens (tertiary/aromatic N) is 2. The monoisotopic (exact) mass is 220 g/mol. The first-order valence-electron chi connectivity index (χ1n) is 4.58. The quantitative estimate of drug-likeness (QED) is 0.660. The van der Waals surface area contributed by atoms with Crippen LogP contribution in [0.3, 0.4) is 0 Å². The number of halogens is 2. The summed E-state index contributed by atoms with van der Waals surface area (Å²) in [4.78, 5) is 6.87. The number of nitrogens with one attached hydrogen (secondary N) is 2. The SMILES string of the molecule is Fc1cc(F)c2nc(-c3cn[nH]c3)[nH]c2c1. The van der Waals surface area contributed by atoms with Crippen molar-refractivity contribution >= 4 is 11.0 Å². The number of imidazole rings is 1. The van der Waals surface area contributed by atoms with Crippen LogP contribution in [0.1, 0.15) is 0 Å². The maximum atomic E-state index is 13.4. The fraction of sp³-hybridized carbons (Fsp3) is 0. The van der Waals surface area contributed by atoms with Crippen molar-refractivity contribution in [3.63, 3.8) is 0 Å². The van der Waals surface area contributed by atoms with Gasteiger partial charge in [0.15, 0.2) is 5.82 Å². The summed E-state index contributed by atoms with van der Waals surface area (Å²) >= 11 is 0. The molecule has 2 N–H and O–H groups in total. The molecule has 0 bridgehead atoms. The third-order valence-electron chi connectivity index (χ3n) is 2.28. The first-order chi connectivity index (χ1) is 7.74. The van der Waals surface area contributed by atoms with Gasteiger partial charge in [-0.1, -0.05) is 0 Å². The number of aromatic amines is 2. The van der Waals surface area contributed by atoms with Gasteiger partial charge >= 0.3 is 0 Å². The van der Waals surface area contributed by atoms with Crippen molar-refractivity contribution in [2.75, 3.05) is 0 Å². The lowest BCUT2D eigenvalue weighted by Crippen LogP contribution is -1.81. The highest BCUT2D eigenvalue weighted by molar-refractivity contribution is 5.79. The van der Waals surface area contributed by atoms with E-state index in [4.69, 9.17) is 0 Å². The maximum absolute atomic E-state index is 13.4. The number of benzene rings is 1. The summed E-state index contributed by atoms with van der Waals surface area (Å²) in [6.07, 6.45) is 3.16. The highest BCUT2D eigenvalue weighted by atomic mass is 19.1. The van der Waals surface area contributed by atoms with Crippen LogP contribution in [0.25, 0.3) is 22.4 Å². The van der Waals surface area contributed by atoms with Crippen molar-refractivity contribution in [1.29, 1.82) is 0 Å². The standard InChI is InChI=1S/C10H6F2N4/c11-6-1-7(12)9-8(2-6)15-10(16-9)5-3-13-14-4-5/h1-4H,(H,13,14)(H,15,16). The molecule has 0 unspecified atom stereocenters. The second kappa shape index (κ2) is 3.13. The van der Waals surface area contributed by atoms with E-state index in [1.807, 2.05) is 0 Å². The molecular weight excluding hydrogens is 214 g/mol. The Hall–Kier alpha value is -2.24. The predicted molar refractivity (Wildman–Crippen MR) is 53.6 cm³/mol. The number of H-pyrrole nitrogens is 2. The summed E-state index contributed by atoms with van der Waals surface area (Å²) in [6, 6.07) is 2.01. The van der Waals surface area contributed by atoms with Gasteiger partial charge in [0.1, 0.15) is 17.2 Å². The smallest absolute Gasteiger partial charge is 0.153 e. The van der Waals surface area contributed by atoms with Gasteiger partial charge in [0, 0.05) is 12.3 Å². The van der Waals surface area contributed by atoms with E-state index < -0.39 is 11.6 Å². The molecule has 3 rings (SSSR count). The molecule has 0 fully saturated rings. The summed E-state index contributed by atoms with van der Waals surface area (Å²) in [6.45, 7) is 0. The van der Waals surface area contributed by atoms with E-state index in [0.29, 0.717) is 16.9 Å². The van der Waals surface area contributed by atoms with E-state index >= 15 is 0 Å². The Labute approximate surface area is 88.3 Å². The molecular formula is C10H6F2N4. The Morgan fingerprint density at radius 2 is 2.06 bits per heavy atom. The molecule has 0 saturated carbocycles. The molecule has 0 radical (unpaired) electrons. The van der Waals surface area contributed by atoms with Crippen LogP contribution in [0.15, 0.2) is 24.5 Å². The lowest BCUT2D eigenvalue weighted by Gasteiger charge is -1.90. The Morgan fingerprint density at radius 3 is 2.81 bits per heavy atom. The highest BCUT2D eigenvalue weighted by Gasteiger charge is 2.11. The zero-order valence-electron chi connectivity index (χ0n) is 7.96. The van der Waals surface area contributed by atoms with Gasteiger partial charge in [0.05, 0.1) is 17.3 Å². The van der Waals surface area contributed by atoms with Gasteiger partial charge in [0.25, 0.3) is 0 Å². The molecule has 2 heterocycles. The minimum Gasteiger partial charge on any atom is -0.338 e. The molecule has 80 valence electrons. The summed E-state index contributed by atoms with van der Waals surface area (Å²) in [5.41, 5.74) is 1.14. The Bertz CT molecular complexity index is 642. The van der Waals surface area contributed by atoms with Crippen molar-refractivity contribution in [2.45, 2.75) is 0 Å². The van der Waals surface area contributed by atoms with Crippen molar-refractivity contribution in [3.8, 4) is 11.4 Å². The number of fused-ring (bicyclic) bond motifs is 1. The van der Waals surface area contributed by atoms with E-state index in [0.717, 1.165) is 6.07 Å². The largest absolute Gasteiger partial charge is 0.338 e. The van der Waals surface area contributed by atoms with Crippen molar-refractivity contribution in [2.24, 2.45) is 0 Å². The van der Waals surface area contributed by atoms with Crippen molar-refractivity contribution in [3.05, 3.63) is 36.2 Å². The van der Waals surface area contributed by atoms with E-state index in [-0.39, 0.29) is 5.52 Å². The summed E-state index contributed by atoms with van der Waals surface area (Å²) in [5, 5.41) is 6.38. The van der Waals surface area contributed by atoms with Gasteiger partial charge < -0.3 is 4.98 Å². The molecule has 2 aromatic heterocycles. The van der Waals surface area contributed by atoms with Crippen LogP contribution in [-0.4, -0.2) is 20.2 Å². The van der Waals surface area contributed by atoms with Crippen LogP contribution < -0.4 is 0 Å². The van der Waals surface area contributed by atoms with Crippen LogP contribution in [0.4, 0.5) is 8.78 Å². The fourth-order valence-corrected chi connectivity index (χ4v) is 1.56. The predicted octanol–water partition coefficient (Wildman–Crippen LogP) is 2.23. The third-order valence-corrected chi connectivity index (χ3v) is 2.28. The van der Waals surface area contributed by atoms with Gasteiger partial charge in [-0.15, -0.1) is 0 Å². The van der Waals surface area contributed by atoms with Gasteiger partial charge in [-0.2, -0.15) is 5.10 Å². The maximum Gasteiger partial charge on any atom is 0.153 e. The highest BCUT2D eigenvalue weighted by Crippen LogP contribution is 2.22. The minimum absolute atomic E-state index is 0.123. The van der Waals surface area contributed by atoms with Crippen LogP contribution in [-0.2, 0) is 0 Å². The normalized spacial score (nSPS) is 11.1. The number of hydrogen-bond donors (Lipinski definition) is 2. The molecule has 0 spiro atoms. The zero-order chi connectivity index (χ0) is 11.1. The summed E-state index contributed by atoms with van der Waals surface area (Å²) < 4.78 is 26.3. The third kappa shape index (κ3) is 1.27. The summed E-state index contributed by atoms with van der Waals surface area (Å²) in [7, 11) is 0. The molecule has 0 aliphatic heterocycles. The second-order valence-electron chi connectivity index (χ2n) is 3.36. The molecule has 16 heavy (non-hydrogen) atoms. The first kappa shape index (κ1) is 9.02. The van der Waals surface area contributed by atoms with Crippen molar-refractivity contribution < 1.29 is 8.78 Å². The number of rotatable bonds is 1. The molecule has 6 heteroatoms. The zero-order valence-corrected chi connectivity index (χ0v) is 7.96. The number of aromatic nitrogens is 4. The van der Waals surface area contributed by atoms with Crippen molar-refractivity contribution in [1.82, 2.24) is 20.2 Å². The topological polar surface area (TPSA) is 57.4 Å². The molecule has 3 aromatic rings. The van der Waals surface area contributed by atoms with E-state index in [1.165, 1.54) is 6.07 Å². The number of hydrogen-bond acceptors (Lipinski definition) is 2. The van der Waals surface area contributed by atoms with Crippen LogP contribution >= 0.6 is 0 Å². The summed E-state index contributed by atoms with van der Waals surface area (Å²) in [5.74, 6) is -0.860. The molecule has 1 aromatic carbocycles. The molecule has 0 saturated heterocycles.